The number of hydrogen-bond acceptors (Lipinski definition) is 6. The summed E-state index contributed by atoms with van der Waals surface area (Å²) >= 11 is 3.65. The van der Waals surface area contributed by atoms with E-state index in [9.17, 15) is 4.79 Å². The highest BCUT2D eigenvalue weighted by Gasteiger charge is 2.35. The Morgan fingerprint density at radius 3 is 2.12 bits per heavy atom. The number of rotatable bonds is 9. The number of anilines is 1. The van der Waals surface area contributed by atoms with Gasteiger partial charge in [-0.05, 0) is 125 Å². The van der Waals surface area contributed by atoms with Crippen LogP contribution in [0.5, 0.6) is 11.5 Å². The fourth-order valence-corrected chi connectivity index (χ4v) is 9.19. The molecule has 0 aliphatic carbocycles. The third-order valence-corrected chi connectivity index (χ3v) is 11.7. The van der Waals surface area contributed by atoms with E-state index in [4.69, 9.17) is 14.5 Å². The lowest BCUT2D eigenvalue weighted by Gasteiger charge is -2.43. The zero-order chi connectivity index (χ0) is 35.6. The number of nitrogens with zero attached hydrogens (tertiary/aromatic N) is 2. The molecule has 0 aromatic heterocycles. The van der Waals surface area contributed by atoms with Crippen LogP contribution in [0.25, 0.3) is 6.08 Å². The molecule has 5 aromatic rings. The monoisotopic (exact) mass is 817 g/mol. The van der Waals surface area contributed by atoms with E-state index in [0.717, 1.165) is 46.3 Å². The average molecular weight is 818 g/mol. The minimum Gasteiger partial charge on any atom is -0.490 e. The second-order valence-electron chi connectivity index (χ2n) is 13.5. The standard InChI is InChI=1S/C44H40IN3O3S/c1-3-50-39-23-30(22-38(45)42(39)51-27-29-16-14-28(2)15-17-29)24-40-43(49)47-44(52-40)46-33-25-36-34(31-10-6-4-7-11-31)18-20-48-21-19-35(37(26-33)41(36)48)32-12-8-5-9-13-32/h4-17,22-26,34-35H,3,18-21,27H2,1-2H3,(H,46,47,49)/b40-24-/t34-,35-/m0/s1. The molecule has 262 valence electrons. The molecule has 0 saturated carbocycles. The van der Waals surface area contributed by atoms with Crippen molar-refractivity contribution in [3.05, 3.63) is 157 Å². The van der Waals surface area contributed by atoms with Crippen molar-refractivity contribution in [1.29, 1.82) is 0 Å². The highest BCUT2D eigenvalue weighted by molar-refractivity contribution is 14.1. The zero-order valence-electron chi connectivity index (χ0n) is 29.3. The molecule has 0 unspecified atom stereocenters. The van der Waals surface area contributed by atoms with Gasteiger partial charge in [0.15, 0.2) is 16.7 Å². The first-order valence-electron chi connectivity index (χ1n) is 17.9. The molecule has 3 aliphatic heterocycles. The van der Waals surface area contributed by atoms with Crippen LogP contribution in [0.1, 0.15) is 70.5 Å². The summed E-state index contributed by atoms with van der Waals surface area (Å²) in [6, 6.07) is 38.5. The van der Waals surface area contributed by atoms with Crippen LogP contribution in [0.4, 0.5) is 11.4 Å². The zero-order valence-corrected chi connectivity index (χ0v) is 32.2. The van der Waals surface area contributed by atoms with Crippen molar-refractivity contribution in [1.82, 2.24) is 5.32 Å². The molecule has 1 fully saturated rings. The summed E-state index contributed by atoms with van der Waals surface area (Å²) in [5.41, 5.74) is 10.7. The predicted octanol–water partition coefficient (Wildman–Crippen LogP) is 10.3. The topological polar surface area (TPSA) is 63.2 Å². The third kappa shape index (κ3) is 7.23. The summed E-state index contributed by atoms with van der Waals surface area (Å²) in [5, 5.41) is 3.63. The van der Waals surface area contributed by atoms with Gasteiger partial charge in [-0.25, -0.2) is 4.99 Å². The molecule has 1 amide bonds. The lowest BCUT2D eigenvalue weighted by atomic mass is 9.76. The fraction of sp³-hybridized carbons (Fsp3) is 0.227. The van der Waals surface area contributed by atoms with Crippen molar-refractivity contribution in [2.75, 3.05) is 24.6 Å². The number of halogens is 1. The SMILES string of the molecule is CCOc1cc(/C=C2\SC(=Nc3cc4c5c(c3)[C@H](c3ccccc3)CCN5CC[C@H]4c3ccccc3)NC2=O)cc(I)c1OCc1ccc(C)cc1. The number of benzene rings is 5. The largest absolute Gasteiger partial charge is 0.490 e. The van der Waals surface area contributed by atoms with Crippen LogP contribution >= 0.6 is 34.4 Å². The Hall–Kier alpha value is -4.54. The summed E-state index contributed by atoms with van der Waals surface area (Å²) in [6.45, 7) is 7.06. The summed E-state index contributed by atoms with van der Waals surface area (Å²) in [6.07, 6.45) is 4.02. The molecule has 3 heterocycles. The maximum absolute atomic E-state index is 13.4. The normalized spacial score (nSPS) is 19.4. The van der Waals surface area contributed by atoms with Gasteiger partial charge in [-0.15, -0.1) is 0 Å². The van der Waals surface area contributed by atoms with Gasteiger partial charge in [0.2, 0.25) is 0 Å². The Morgan fingerprint density at radius 2 is 1.50 bits per heavy atom. The quantitative estimate of drug-likeness (QED) is 0.119. The van der Waals surface area contributed by atoms with Crippen molar-refractivity contribution in [2.24, 2.45) is 4.99 Å². The molecule has 6 nitrogen and oxygen atoms in total. The number of carbonyl (C=O) groups is 1. The molecular weight excluding hydrogens is 777 g/mol. The van der Waals surface area contributed by atoms with Gasteiger partial charge >= 0.3 is 0 Å². The maximum atomic E-state index is 13.4. The van der Waals surface area contributed by atoms with Crippen LogP contribution in [-0.4, -0.2) is 30.8 Å². The third-order valence-electron chi connectivity index (χ3n) is 10.0. The molecule has 8 rings (SSSR count). The lowest BCUT2D eigenvalue weighted by Crippen LogP contribution is -2.37. The van der Waals surface area contributed by atoms with Crippen molar-refractivity contribution in [3.8, 4) is 11.5 Å². The number of ether oxygens (including phenoxy) is 2. The van der Waals surface area contributed by atoms with Crippen LogP contribution in [-0.2, 0) is 11.4 Å². The Balaban J connectivity index is 1.11. The Kier molecular flexibility index (Phi) is 10.1. The Labute approximate surface area is 323 Å². The molecule has 1 N–H and O–H groups in total. The molecule has 0 spiro atoms. The molecule has 8 heteroatoms. The molecule has 5 aromatic carbocycles. The summed E-state index contributed by atoms with van der Waals surface area (Å²) < 4.78 is 13.2. The van der Waals surface area contributed by atoms with E-state index in [1.807, 2.05) is 25.1 Å². The number of aryl methyl sites for hydroxylation is 1. The van der Waals surface area contributed by atoms with Gasteiger partial charge in [-0.2, -0.15) is 0 Å². The number of hydrogen-bond donors (Lipinski definition) is 1. The van der Waals surface area contributed by atoms with Crippen LogP contribution in [0, 0.1) is 10.5 Å². The van der Waals surface area contributed by atoms with E-state index < -0.39 is 0 Å². The van der Waals surface area contributed by atoms with Crippen molar-refractivity contribution in [3.63, 3.8) is 0 Å². The number of nitrogens with one attached hydrogen (secondary N) is 1. The second-order valence-corrected chi connectivity index (χ2v) is 15.7. The number of aliphatic imine (C=N–C) groups is 1. The van der Waals surface area contributed by atoms with E-state index in [0.29, 0.717) is 34.8 Å². The molecule has 0 radical (unpaired) electrons. The first-order chi connectivity index (χ1) is 25.4. The number of thioether (sulfide) groups is 1. The van der Waals surface area contributed by atoms with Crippen molar-refractivity contribution < 1.29 is 14.3 Å². The molecule has 2 atom stereocenters. The van der Waals surface area contributed by atoms with Crippen molar-refractivity contribution >= 4 is 62.9 Å². The molecule has 0 bridgehead atoms. The van der Waals surface area contributed by atoms with Gasteiger partial charge < -0.3 is 19.7 Å². The maximum Gasteiger partial charge on any atom is 0.264 e. The predicted molar refractivity (Wildman–Crippen MR) is 221 cm³/mol. The first-order valence-corrected chi connectivity index (χ1v) is 19.8. The molecule has 1 saturated heterocycles. The summed E-state index contributed by atoms with van der Waals surface area (Å²) in [4.78, 5) is 21.6. The minimum absolute atomic E-state index is 0.161. The Morgan fingerprint density at radius 1 is 0.865 bits per heavy atom. The van der Waals surface area contributed by atoms with E-state index >= 15 is 0 Å². The molecule has 52 heavy (non-hydrogen) atoms. The number of carbonyl (C=O) groups excluding carboxylic acids is 1. The van der Waals surface area contributed by atoms with Crippen LogP contribution in [0.15, 0.2) is 119 Å². The lowest BCUT2D eigenvalue weighted by molar-refractivity contribution is -0.115. The molecule has 3 aliphatic rings. The molecular formula is C44H40IN3O3S. The average Bonchev–Trinajstić information content (AvgIpc) is 3.50. The van der Waals surface area contributed by atoms with Gasteiger partial charge in [0.05, 0.1) is 20.8 Å². The van der Waals surface area contributed by atoms with Gasteiger partial charge in [0, 0.05) is 30.6 Å². The van der Waals surface area contributed by atoms with Crippen molar-refractivity contribution in [2.45, 2.75) is 45.1 Å². The minimum atomic E-state index is -0.161. The van der Waals surface area contributed by atoms with E-state index in [1.54, 1.807) is 0 Å². The van der Waals surface area contributed by atoms with E-state index in [2.05, 4.69) is 137 Å². The van der Waals surface area contributed by atoms with E-state index in [-0.39, 0.29) is 17.7 Å². The summed E-state index contributed by atoms with van der Waals surface area (Å²) in [5.74, 6) is 1.77. The first kappa shape index (κ1) is 34.5. The second kappa shape index (κ2) is 15.2. The smallest absolute Gasteiger partial charge is 0.264 e. The summed E-state index contributed by atoms with van der Waals surface area (Å²) in [7, 11) is 0. The van der Waals surface area contributed by atoms with Crippen LogP contribution < -0.4 is 19.7 Å². The van der Waals surface area contributed by atoms with E-state index in [1.165, 1.54) is 45.3 Å². The highest BCUT2D eigenvalue weighted by Crippen LogP contribution is 2.50. The van der Waals surface area contributed by atoms with Gasteiger partial charge in [0.1, 0.15) is 6.61 Å². The van der Waals surface area contributed by atoms with Gasteiger partial charge in [-0.1, -0.05) is 90.5 Å². The number of amides is 1. The van der Waals surface area contributed by atoms with Gasteiger partial charge in [-0.3, -0.25) is 4.79 Å². The fourth-order valence-electron chi connectivity index (χ4n) is 7.57. The number of amidine groups is 1. The van der Waals surface area contributed by atoms with Gasteiger partial charge in [0.25, 0.3) is 5.91 Å². The highest BCUT2D eigenvalue weighted by atomic mass is 127. The van der Waals surface area contributed by atoms with Crippen LogP contribution in [0.2, 0.25) is 0 Å². The Bertz CT molecular complexity index is 2100. The van der Waals surface area contributed by atoms with Crippen LogP contribution in [0.3, 0.4) is 0 Å².